The largest absolute Gasteiger partial charge is 0.391 e. The first kappa shape index (κ1) is 15.4. The van der Waals surface area contributed by atoms with Crippen LogP contribution >= 0.6 is 11.3 Å². The Morgan fingerprint density at radius 3 is 2.65 bits per heavy atom. The van der Waals surface area contributed by atoms with Gasteiger partial charge in [-0.25, -0.2) is 0 Å². The first-order valence-electron chi connectivity index (χ1n) is 6.45. The van der Waals surface area contributed by atoms with Crippen LogP contribution in [0.25, 0.3) is 0 Å². The molecular weight excluding hydrogens is 287 g/mol. The maximum atomic E-state index is 12.6. The summed E-state index contributed by atoms with van der Waals surface area (Å²) < 4.78 is 37.7. The third-order valence-electron chi connectivity index (χ3n) is 3.40. The van der Waals surface area contributed by atoms with E-state index in [2.05, 4.69) is 16.7 Å². The summed E-state index contributed by atoms with van der Waals surface area (Å²) in [6.45, 7) is 1.48. The minimum Gasteiger partial charge on any atom is -0.384 e. The van der Waals surface area contributed by atoms with Gasteiger partial charge in [0.05, 0.1) is 5.92 Å². The van der Waals surface area contributed by atoms with Gasteiger partial charge < -0.3 is 5.11 Å². The van der Waals surface area contributed by atoms with E-state index in [-0.39, 0.29) is 19.4 Å². The van der Waals surface area contributed by atoms with Gasteiger partial charge in [-0.15, -0.1) is 11.3 Å². The van der Waals surface area contributed by atoms with Gasteiger partial charge >= 0.3 is 6.18 Å². The molecule has 0 radical (unpaired) electrons. The lowest BCUT2D eigenvalue weighted by Gasteiger charge is -2.32. The molecule has 1 aliphatic heterocycles. The monoisotopic (exact) mass is 303 g/mol. The highest BCUT2D eigenvalue weighted by Gasteiger charge is 2.40. The molecule has 2 nitrogen and oxygen atoms in total. The molecule has 0 amide bonds. The van der Waals surface area contributed by atoms with Crippen molar-refractivity contribution in [3.8, 4) is 11.8 Å². The molecule has 0 bridgehead atoms. The van der Waals surface area contributed by atoms with Gasteiger partial charge in [0.15, 0.2) is 0 Å². The Hall–Kier alpha value is -1.03. The maximum Gasteiger partial charge on any atom is 0.391 e. The van der Waals surface area contributed by atoms with E-state index in [1.807, 2.05) is 11.4 Å². The standard InChI is InChI=1S/C14H16F3NOS/c15-14(16,17)12-3-5-18(6-4-12)9-13-8-11(10-20-13)2-1-7-19/h8,10,12,19H,3-7,9H2. The Kier molecular flexibility index (Phi) is 5.08. The Bertz CT molecular complexity index is 492. The Morgan fingerprint density at radius 2 is 2.05 bits per heavy atom. The molecule has 6 heteroatoms. The van der Waals surface area contributed by atoms with Crippen LogP contribution in [0.15, 0.2) is 11.4 Å². The molecule has 110 valence electrons. The van der Waals surface area contributed by atoms with Crippen LogP contribution in [0.1, 0.15) is 23.3 Å². The summed E-state index contributed by atoms with van der Waals surface area (Å²) >= 11 is 1.55. The van der Waals surface area contributed by atoms with Crippen LogP contribution in [-0.4, -0.2) is 35.9 Å². The molecule has 2 rings (SSSR count). The molecule has 0 aliphatic carbocycles. The number of thiophene rings is 1. The van der Waals surface area contributed by atoms with Gasteiger partial charge in [-0.2, -0.15) is 13.2 Å². The van der Waals surface area contributed by atoms with Crippen molar-refractivity contribution in [1.82, 2.24) is 4.90 Å². The zero-order chi connectivity index (χ0) is 14.6. The van der Waals surface area contributed by atoms with E-state index in [0.29, 0.717) is 19.6 Å². The lowest BCUT2D eigenvalue weighted by molar-refractivity contribution is -0.185. The number of aliphatic hydroxyl groups is 1. The topological polar surface area (TPSA) is 23.5 Å². The van der Waals surface area contributed by atoms with Crippen molar-refractivity contribution in [1.29, 1.82) is 0 Å². The Morgan fingerprint density at radius 1 is 1.35 bits per heavy atom. The summed E-state index contributed by atoms with van der Waals surface area (Å²) in [5.74, 6) is 4.25. The van der Waals surface area contributed by atoms with Crippen molar-refractivity contribution in [2.24, 2.45) is 5.92 Å². The Balaban J connectivity index is 1.85. The summed E-state index contributed by atoms with van der Waals surface area (Å²) in [6, 6.07) is 1.93. The number of rotatable bonds is 2. The second kappa shape index (κ2) is 6.61. The quantitative estimate of drug-likeness (QED) is 0.849. The van der Waals surface area contributed by atoms with E-state index in [0.717, 1.165) is 10.4 Å². The summed E-state index contributed by atoms with van der Waals surface area (Å²) in [6.07, 6.45) is -3.68. The van der Waals surface area contributed by atoms with Gasteiger partial charge in [-0.1, -0.05) is 11.8 Å². The van der Waals surface area contributed by atoms with Crippen molar-refractivity contribution in [2.45, 2.75) is 25.6 Å². The molecule has 1 aromatic heterocycles. The highest BCUT2D eigenvalue weighted by atomic mass is 32.1. The van der Waals surface area contributed by atoms with Gasteiger partial charge in [0.25, 0.3) is 0 Å². The van der Waals surface area contributed by atoms with Crippen LogP contribution in [0.5, 0.6) is 0 Å². The van der Waals surface area contributed by atoms with E-state index < -0.39 is 12.1 Å². The third kappa shape index (κ3) is 4.23. The average molecular weight is 303 g/mol. The zero-order valence-corrected chi connectivity index (χ0v) is 11.7. The van der Waals surface area contributed by atoms with Crippen molar-refractivity contribution in [2.75, 3.05) is 19.7 Å². The normalized spacial score (nSPS) is 17.8. The molecule has 0 aromatic carbocycles. The first-order chi connectivity index (χ1) is 9.49. The third-order valence-corrected chi connectivity index (χ3v) is 4.32. The summed E-state index contributed by atoms with van der Waals surface area (Å²) in [4.78, 5) is 3.15. The van der Waals surface area contributed by atoms with Crippen LogP contribution in [0.2, 0.25) is 0 Å². The highest BCUT2D eigenvalue weighted by molar-refractivity contribution is 7.10. The van der Waals surface area contributed by atoms with E-state index >= 15 is 0 Å². The number of nitrogens with zero attached hydrogens (tertiary/aromatic N) is 1. The second-order valence-corrected chi connectivity index (χ2v) is 5.85. The molecule has 1 N–H and O–H groups in total. The van der Waals surface area contributed by atoms with Gasteiger partial charge in [0.2, 0.25) is 0 Å². The summed E-state index contributed by atoms with van der Waals surface area (Å²) in [7, 11) is 0. The van der Waals surface area contributed by atoms with Crippen LogP contribution in [-0.2, 0) is 6.54 Å². The van der Waals surface area contributed by atoms with Gasteiger partial charge in [-0.05, 0) is 32.0 Å². The van der Waals surface area contributed by atoms with E-state index in [1.54, 1.807) is 11.3 Å². The molecule has 0 spiro atoms. The van der Waals surface area contributed by atoms with E-state index in [4.69, 9.17) is 5.11 Å². The predicted octanol–water partition coefficient (Wildman–Crippen LogP) is 2.87. The van der Waals surface area contributed by atoms with Crippen molar-refractivity contribution in [3.63, 3.8) is 0 Å². The fourth-order valence-corrected chi connectivity index (χ4v) is 3.17. The number of likely N-dealkylation sites (tertiary alicyclic amines) is 1. The minimum absolute atomic E-state index is 0.171. The van der Waals surface area contributed by atoms with Crippen LogP contribution in [0, 0.1) is 17.8 Å². The van der Waals surface area contributed by atoms with Gasteiger partial charge in [-0.3, -0.25) is 4.90 Å². The lowest BCUT2D eigenvalue weighted by atomic mass is 9.96. The van der Waals surface area contributed by atoms with Crippen LogP contribution < -0.4 is 0 Å². The van der Waals surface area contributed by atoms with E-state index in [9.17, 15) is 13.2 Å². The number of aliphatic hydroxyl groups excluding tert-OH is 1. The van der Waals surface area contributed by atoms with Crippen molar-refractivity contribution < 1.29 is 18.3 Å². The predicted molar refractivity (Wildman–Crippen MR) is 72.3 cm³/mol. The minimum atomic E-state index is -4.05. The summed E-state index contributed by atoms with van der Waals surface area (Å²) in [5, 5.41) is 10.5. The van der Waals surface area contributed by atoms with Crippen molar-refractivity contribution in [3.05, 3.63) is 21.9 Å². The zero-order valence-electron chi connectivity index (χ0n) is 10.9. The van der Waals surface area contributed by atoms with Crippen LogP contribution in [0.3, 0.4) is 0 Å². The number of hydrogen-bond acceptors (Lipinski definition) is 3. The molecule has 20 heavy (non-hydrogen) atoms. The number of piperidine rings is 1. The van der Waals surface area contributed by atoms with Crippen molar-refractivity contribution >= 4 is 11.3 Å². The molecule has 1 saturated heterocycles. The molecule has 0 atom stereocenters. The SMILES string of the molecule is OCC#Cc1csc(CN2CCC(C(F)(F)F)CC2)c1. The average Bonchev–Trinajstić information content (AvgIpc) is 2.83. The van der Waals surface area contributed by atoms with Gasteiger partial charge in [0, 0.05) is 22.4 Å². The molecule has 0 unspecified atom stereocenters. The van der Waals surface area contributed by atoms with E-state index in [1.165, 1.54) is 0 Å². The Labute approximate surface area is 120 Å². The number of alkyl halides is 3. The summed E-state index contributed by atoms with van der Waals surface area (Å²) in [5.41, 5.74) is 0.851. The number of halogens is 3. The molecule has 1 aromatic rings. The second-order valence-electron chi connectivity index (χ2n) is 4.85. The maximum absolute atomic E-state index is 12.6. The molecule has 2 heterocycles. The van der Waals surface area contributed by atoms with Crippen LogP contribution in [0.4, 0.5) is 13.2 Å². The molecular formula is C14H16F3NOS. The first-order valence-corrected chi connectivity index (χ1v) is 7.33. The molecule has 0 saturated carbocycles. The fraction of sp³-hybridized carbons (Fsp3) is 0.571. The highest BCUT2D eigenvalue weighted by Crippen LogP contribution is 2.34. The lowest BCUT2D eigenvalue weighted by Crippen LogP contribution is -2.38. The molecule has 1 fully saturated rings. The fourth-order valence-electron chi connectivity index (χ4n) is 2.31. The number of hydrogen-bond donors (Lipinski definition) is 1. The van der Waals surface area contributed by atoms with Gasteiger partial charge in [0.1, 0.15) is 6.61 Å². The smallest absolute Gasteiger partial charge is 0.384 e. The molecule has 1 aliphatic rings.